The molecule has 28 heavy (non-hydrogen) atoms. The minimum Gasteiger partial charge on any atom is -0.460 e. The van der Waals surface area contributed by atoms with Crippen molar-refractivity contribution in [2.24, 2.45) is 5.92 Å². The van der Waals surface area contributed by atoms with Crippen LogP contribution in [0.4, 0.5) is 13.2 Å². The topological polar surface area (TPSA) is 79.9 Å². The lowest BCUT2D eigenvalue weighted by Gasteiger charge is -2.11. The number of imidazole rings is 1. The van der Waals surface area contributed by atoms with Gasteiger partial charge < -0.3 is 15.0 Å². The van der Waals surface area contributed by atoms with Crippen LogP contribution in [0.5, 0.6) is 5.19 Å². The molecule has 3 atom stereocenters. The number of alkyl halides is 3. The fraction of sp³-hybridized carbons (Fsp3) is 0.389. The van der Waals surface area contributed by atoms with Gasteiger partial charge in [-0.05, 0) is 25.5 Å². The number of ether oxygens (including phenoxy) is 1. The van der Waals surface area contributed by atoms with E-state index in [1.165, 1.54) is 6.20 Å². The van der Waals surface area contributed by atoms with Crippen LogP contribution in [0.3, 0.4) is 0 Å². The van der Waals surface area contributed by atoms with Gasteiger partial charge >= 0.3 is 6.18 Å². The summed E-state index contributed by atoms with van der Waals surface area (Å²) in [7, 11) is 0. The minimum atomic E-state index is -4.41. The van der Waals surface area contributed by atoms with Gasteiger partial charge in [0.25, 0.3) is 5.19 Å². The molecule has 1 amide bonds. The monoisotopic (exact) mass is 410 g/mol. The maximum absolute atomic E-state index is 12.5. The highest BCUT2D eigenvalue weighted by Gasteiger charge is 2.46. The molecule has 1 aliphatic rings. The highest BCUT2D eigenvalue weighted by atomic mass is 32.1. The van der Waals surface area contributed by atoms with E-state index in [0.29, 0.717) is 11.3 Å². The molecule has 0 bridgehead atoms. The van der Waals surface area contributed by atoms with Gasteiger partial charge in [0.15, 0.2) is 6.61 Å². The van der Waals surface area contributed by atoms with Crippen LogP contribution in [0.15, 0.2) is 30.5 Å². The van der Waals surface area contributed by atoms with Crippen LogP contribution in [-0.4, -0.2) is 33.6 Å². The Morgan fingerprint density at radius 3 is 2.96 bits per heavy atom. The molecule has 0 radical (unpaired) electrons. The lowest BCUT2D eigenvalue weighted by atomic mass is 10.2. The third-order valence-electron chi connectivity index (χ3n) is 4.53. The molecule has 0 aliphatic heterocycles. The van der Waals surface area contributed by atoms with E-state index in [0.717, 1.165) is 28.2 Å². The Hall–Kier alpha value is -2.62. The van der Waals surface area contributed by atoms with Gasteiger partial charge in [-0.25, -0.2) is 9.97 Å². The highest BCUT2D eigenvalue weighted by Crippen LogP contribution is 2.47. The summed E-state index contributed by atoms with van der Waals surface area (Å²) in [6, 6.07) is 7.31. The summed E-state index contributed by atoms with van der Waals surface area (Å²) in [5, 5.41) is 2.82. The average molecular weight is 410 g/mol. The van der Waals surface area contributed by atoms with Crippen molar-refractivity contribution in [2.45, 2.75) is 31.5 Å². The molecule has 6 nitrogen and oxygen atoms in total. The molecule has 148 valence electrons. The molecule has 0 saturated heterocycles. The number of carbonyl (C=O) groups is 1. The molecule has 0 spiro atoms. The summed E-state index contributed by atoms with van der Waals surface area (Å²) in [6.45, 7) is 0.374. The maximum Gasteiger partial charge on any atom is 0.422 e. The molecule has 3 aromatic rings. The smallest absolute Gasteiger partial charge is 0.422 e. The fourth-order valence-corrected chi connectivity index (χ4v) is 3.77. The van der Waals surface area contributed by atoms with E-state index < -0.39 is 12.8 Å². The molecular weight excluding hydrogens is 393 g/mol. The maximum atomic E-state index is 12.5. The number of fused-ring (bicyclic) bond motifs is 1. The van der Waals surface area contributed by atoms with Crippen molar-refractivity contribution in [2.75, 3.05) is 6.61 Å². The first-order chi connectivity index (χ1) is 13.3. The summed E-state index contributed by atoms with van der Waals surface area (Å²) in [6.07, 6.45) is -2.28. The second-order valence-corrected chi connectivity index (χ2v) is 7.78. The number of hydrogen-bond acceptors (Lipinski definition) is 5. The number of nitrogens with one attached hydrogen (secondary N) is 2. The van der Waals surface area contributed by atoms with Crippen molar-refractivity contribution in [1.82, 2.24) is 20.3 Å². The number of amides is 1. The van der Waals surface area contributed by atoms with Gasteiger partial charge in [-0.3, -0.25) is 4.79 Å². The number of nitrogens with zero attached hydrogens (tertiary/aromatic N) is 2. The first kappa shape index (κ1) is 18.7. The highest BCUT2D eigenvalue weighted by molar-refractivity contribution is 7.13. The number of benzene rings is 1. The number of H-pyrrole nitrogens is 1. The first-order valence-electron chi connectivity index (χ1n) is 8.70. The molecule has 2 unspecified atom stereocenters. The van der Waals surface area contributed by atoms with E-state index in [2.05, 4.69) is 25.0 Å². The van der Waals surface area contributed by atoms with Gasteiger partial charge in [-0.2, -0.15) is 13.2 Å². The number of halogens is 3. The lowest BCUT2D eigenvalue weighted by molar-refractivity contribution is -0.153. The Kier molecular flexibility index (Phi) is 4.74. The first-order valence-corrected chi connectivity index (χ1v) is 9.52. The van der Waals surface area contributed by atoms with Crippen LogP contribution in [0.2, 0.25) is 0 Å². The molecule has 2 heterocycles. The van der Waals surface area contributed by atoms with E-state index in [1.807, 2.05) is 24.3 Å². The third-order valence-corrected chi connectivity index (χ3v) is 5.63. The van der Waals surface area contributed by atoms with E-state index in [9.17, 15) is 18.0 Å². The number of carbonyl (C=O) groups excluding carboxylic acids is 1. The van der Waals surface area contributed by atoms with Crippen LogP contribution in [0, 0.1) is 5.92 Å². The number of hydrogen-bond donors (Lipinski definition) is 2. The minimum absolute atomic E-state index is 0.0479. The van der Waals surface area contributed by atoms with Gasteiger partial charge in [-0.1, -0.05) is 23.5 Å². The summed E-state index contributed by atoms with van der Waals surface area (Å²) in [5.41, 5.74) is 1.81. The van der Waals surface area contributed by atoms with Crippen molar-refractivity contribution < 1.29 is 22.7 Å². The van der Waals surface area contributed by atoms with Gasteiger partial charge in [0, 0.05) is 18.0 Å². The Morgan fingerprint density at radius 1 is 1.43 bits per heavy atom. The fourth-order valence-electron chi connectivity index (χ4n) is 3.01. The third kappa shape index (κ3) is 4.11. The molecule has 2 N–H and O–H groups in total. The van der Waals surface area contributed by atoms with Crippen molar-refractivity contribution in [1.29, 1.82) is 0 Å². The Balaban J connectivity index is 1.33. The number of rotatable bonds is 6. The second kappa shape index (κ2) is 7.08. The van der Waals surface area contributed by atoms with Gasteiger partial charge in [-0.15, -0.1) is 0 Å². The second-order valence-electron chi connectivity index (χ2n) is 6.75. The Labute approximate surface area is 162 Å². The molecule has 10 heteroatoms. The largest absolute Gasteiger partial charge is 0.460 e. The normalized spacial score (nSPS) is 20.1. The van der Waals surface area contributed by atoms with Gasteiger partial charge in [0.05, 0.1) is 22.0 Å². The molecule has 1 aromatic carbocycles. The van der Waals surface area contributed by atoms with Crippen molar-refractivity contribution in [3.63, 3.8) is 0 Å². The summed E-state index contributed by atoms with van der Waals surface area (Å²) in [4.78, 5) is 24.7. The van der Waals surface area contributed by atoms with Crippen LogP contribution < -0.4 is 10.1 Å². The van der Waals surface area contributed by atoms with E-state index in [4.69, 9.17) is 0 Å². The van der Waals surface area contributed by atoms with Crippen LogP contribution in [0.25, 0.3) is 11.0 Å². The predicted octanol–water partition coefficient (Wildman–Crippen LogP) is 3.94. The number of aromatic amines is 1. The standard InChI is InChI=1S/C18H17F3N4O2S/c1-9(14-7-22-17(28-14)27-8-18(19,20)21)23-16(26)11-6-10(11)15-24-12-4-2-3-5-13(12)25-15/h2-5,7,9-11H,6,8H2,1H3,(H,23,26)(H,24,25)/t9-,10?,11?/m0/s1. The molecule has 1 aliphatic carbocycles. The van der Waals surface area contributed by atoms with Crippen LogP contribution >= 0.6 is 11.3 Å². The SMILES string of the molecule is C[C@H](NC(=O)C1CC1c1nc2ccccc2[nH]1)c1cnc(OCC(F)(F)F)s1. The zero-order valence-corrected chi connectivity index (χ0v) is 15.6. The van der Waals surface area contributed by atoms with Crippen molar-refractivity contribution in [3.05, 3.63) is 41.2 Å². The van der Waals surface area contributed by atoms with Gasteiger partial charge in [0.1, 0.15) is 5.82 Å². The van der Waals surface area contributed by atoms with Crippen molar-refractivity contribution >= 4 is 28.3 Å². The van der Waals surface area contributed by atoms with E-state index in [-0.39, 0.29) is 29.0 Å². The number of aromatic nitrogens is 3. The summed E-state index contributed by atoms with van der Waals surface area (Å²) >= 11 is 0.989. The van der Waals surface area contributed by atoms with Gasteiger partial charge in [0.2, 0.25) is 5.91 Å². The quantitative estimate of drug-likeness (QED) is 0.645. The summed E-state index contributed by atoms with van der Waals surface area (Å²) in [5.74, 6) is 0.572. The molecule has 2 aromatic heterocycles. The van der Waals surface area contributed by atoms with Crippen LogP contribution in [-0.2, 0) is 4.79 Å². The molecule has 1 fully saturated rings. The summed E-state index contributed by atoms with van der Waals surface area (Å²) < 4.78 is 41.2. The Bertz CT molecular complexity index is 967. The van der Waals surface area contributed by atoms with Crippen molar-refractivity contribution in [3.8, 4) is 5.19 Å². The molecular formula is C18H17F3N4O2S. The zero-order chi connectivity index (χ0) is 19.9. The van der Waals surface area contributed by atoms with E-state index in [1.54, 1.807) is 6.92 Å². The molecule has 4 rings (SSSR count). The zero-order valence-electron chi connectivity index (χ0n) is 14.8. The Morgan fingerprint density at radius 2 is 2.21 bits per heavy atom. The predicted molar refractivity (Wildman–Crippen MR) is 97.2 cm³/mol. The van der Waals surface area contributed by atoms with E-state index >= 15 is 0 Å². The number of para-hydroxylation sites is 2. The lowest BCUT2D eigenvalue weighted by Crippen LogP contribution is -2.28. The average Bonchev–Trinajstić information content (AvgIpc) is 3.11. The van der Waals surface area contributed by atoms with Crippen LogP contribution in [0.1, 0.15) is 36.0 Å². The molecule has 1 saturated carbocycles. The number of thiazole rings is 1.